The summed E-state index contributed by atoms with van der Waals surface area (Å²) in [5, 5.41) is 3.39. The standard InChI is InChI=1S/C13H25NO3/c1-4-17-10-6-5-9-13(2,12(15)16-3)14-11-7-8-11/h11,14H,4-10H2,1-3H3. The van der Waals surface area contributed by atoms with E-state index in [1.165, 1.54) is 20.0 Å². The van der Waals surface area contributed by atoms with E-state index in [4.69, 9.17) is 9.47 Å². The van der Waals surface area contributed by atoms with Gasteiger partial charge in [-0.1, -0.05) is 0 Å². The molecule has 1 aliphatic rings. The maximum absolute atomic E-state index is 11.8. The number of hydrogen-bond acceptors (Lipinski definition) is 4. The first-order valence-corrected chi connectivity index (χ1v) is 6.56. The molecule has 0 aromatic heterocycles. The zero-order valence-corrected chi connectivity index (χ0v) is 11.3. The van der Waals surface area contributed by atoms with E-state index in [1.54, 1.807) is 0 Å². The lowest BCUT2D eigenvalue weighted by Crippen LogP contribution is -2.51. The first-order chi connectivity index (χ1) is 8.12. The highest BCUT2D eigenvalue weighted by atomic mass is 16.5. The first-order valence-electron chi connectivity index (χ1n) is 6.56. The summed E-state index contributed by atoms with van der Waals surface area (Å²) in [5.74, 6) is -0.152. The molecule has 1 saturated carbocycles. The molecule has 100 valence electrons. The molecule has 1 rings (SSSR count). The Hall–Kier alpha value is -0.610. The molecule has 0 aliphatic heterocycles. The van der Waals surface area contributed by atoms with Gasteiger partial charge in [-0.3, -0.25) is 10.1 Å². The van der Waals surface area contributed by atoms with Crippen molar-refractivity contribution >= 4 is 5.97 Å². The van der Waals surface area contributed by atoms with Gasteiger partial charge in [0.15, 0.2) is 0 Å². The number of hydrogen-bond donors (Lipinski definition) is 1. The number of rotatable bonds is 9. The largest absolute Gasteiger partial charge is 0.468 e. The lowest BCUT2D eigenvalue weighted by atomic mass is 9.94. The molecule has 0 bridgehead atoms. The molecule has 1 fully saturated rings. The third-order valence-electron chi connectivity index (χ3n) is 3.16. The predicted octanol–water partition coefficient (Wildman–Crippen LogP) is 1.88. The Kier molecular flexibility index (Phi) is 5.92. The van der Waals surface area contributed by atoms with Gasteiger partial charge in [0.2, 0.25) is 0 Å². The molecule has 17 heavy (non-hydrogen) atoms. The summed E-state index contributed by atoms with van der Waals surface area (Å²) in [6, 6.07) is 0.506. The molecule has 1 atom stereocenters. The molecule has 0 saturated heterocycles. The van der Waals surface area contributed by atoms with Crippen LogP contribution in [-0.4, -0.2) is 37.9 Å². The molecule has 0 amide bonds. The van der Waals surface area contributed by atoms with E-state index in [0.29, 0.717) is 6.04 Å². The monoisotopic (exact) mass is 243 g/mol. The fourth-order valence-corrected chi connectivity index (χ4v) is 1.96. The molecule has 0 heterocycles. The van der Waals surface area contributed by atoms with Crippen LogP contribution in [0.1, 0.15) is 46.0 Å². The van der Waals surface area contributed by atoms with Crippen LogP contribution < -0.4 is 5.32 Å². The second kappa shape index (κ2) is 6.97. The van der Waals surface area contributed by atoms with Crippen LogP contribution in [0, 0.1) is 0 Å². The van der Waals surface area contributed by atoms with Crippen LogP contribution in [-0.2, 0) is 14.3 Å². The minimum atomic E-state index is -0.526. The van der Waals surface area contributed by atoms with Crippen molar-refractivity contribution in [1.82, 2.24) is 5.32 Å². The zero-order chi connectivity index (χ0) is 12.7. The molecule has 1 unspecified atom stereocenters. The number of unbranched alkanes of at least 4 members (excludes halogenated alkanes) is 1. The summed E-state index contributed by atoms with van der Waals surface area (Å²) in [6.07, 6.45) is 5.12. The van der Waals surface area contributed by atoms with Crippen molar-refractivity contribution in [3.8, 4) is 0 Å². The van der Waals surface area contributed by atoms with Crippen LogP contribution in [0.3, 0.4) is 0 Å². The Morgan fingerprint density at radius 1 is 1.41 bits per heavy atom. The van der Waals surface area contributed by atoms with Gasteiger partial charge >= 0.3 is 5.97 Å². The minimum absolute atomic E-state index is 0.152. The van der Waals surface area contributed by atoms with Crippen molar-refractivity contribution in [2.24, 2.45) is 0 Å². The van der Waals surface area contributed by atoms with Crippen molar-refractivity contribution < 1.29 is 14.3 Å². The van der Waals surface area contributed by atoms with E-state index in [-0.39, 0.29) is 5.97 Å². The van der Waals surface area contributed by atoms with Crippen LogP contribution >= 0.6 is 0 Å². The lowest BCUT2D eigenvalue weighted by molar-refractivity contribution is -0.148. The molecule has 0 aromatic rings. The summed E-state index contributed by atoms with van der Waals surface area (Å²) in [7, 11) is 1.45. The molecular weight excluding hydrogens is 218 g/mol. The van der Waals surface area contributed by atoms with E-state index in [0.717, 1.165) is 32.5 Å². The number of carbonyl (C=O) groups excluding carboxylic acids is 1. The zero-order valence-electron chi connectivity index (χ0n) is 11.3. The average Bonchev–Trinajstić information content (AvgIpc) is 3.11. The quantitative estimate of drug-likeness (QED) is 0.496. The van der Waals surface area contributed by atoms with Crippen molar-refractivity contribution in [3.05, 3.63) is 0 Å². The fourth-order valence-electron chi connectivity index (χ4n) is 1.96. The number of ether oxygens (including phenoxy) is 2. The Balaban J connectivity index is 2.31. The van der Waals surface area contributed by atoms with Crippen LogP contribution in [0.15, 0.2) is 0 Å². The maximum atomic E-state index is 11.8. The van der Waals surface area contributed by atoms with Gasteiger partial charge in [-0.15, -0.1) is 0 Å². The van der Waals surface area contributed by atoms with Gasteiger partial charge in [0.1, 0.15) is 5.54 Å². The Labute approximate surface area is 104 Å². The smallest absolute Gasteiger partial charge is 0.325 e. The van der Waals surface area contributed by atoms with Crippen LogP contribution in [0.2, 0.25) is 0 Å². The normalized spacial score (nSPS) is 18.8. The third-order valence-corrected chi connectivity index (χ3v) is 3.16. The minimum Gasteiger partial charge on any atom is -0.468 e. The topological polar surface area (TPSA) is 47.6 Å². The van der Waals surface area contributed by atoms with E-state index < -0.39 is 5.54 Å². The Morgan fingerprint density at radius 2 is 2.12 bits per heavy atom. The summed E-state index contributed by atoms with van der Waals surface area (Å²) in [5.41, 5.74) is -0.526. The number of carbonyl (C=O) groups is 1. The molecular formula is C13H25NO3. The SMILES string of the molecule is CCOCCCCC(C)(NC1CC1)C(=O)OC. The van der Waals surface area contributed by atoms with Gasteiger partial charge in [-0.05, 0) is 46.0 Å². The second-order valence-corrected chi connectivity index (χ2v) is 4.90. The van der Waals surface area contributed by atoms with E-state index >= 15 is 0 Å². The van der Waals surface area contributed by atoms with Crippen LogP contribution in [0.5, 0.6) is 0 Å². The highest BCUT2D eigenvalue weighted by Gasteiger charge is 2.38. The highest BCUT2D eigenvalue weighted by molar-refractivity contribution is 5.80. The average molecular weight is 243 g/mol. The molecule has 1 N–H and O–H groups in total. The van der Waals surface area contributed by atoms with Crippen LogP contribution in [0.25, 0.3) is 0 Å². The van der Waals surface area contributed by atoms with Gasteiger partial charge in [0.05, 0.1) is 7.11 Å². The number of esters is 1. The Bertz CT molecular complexity index is 241. The molecule has 0 aromatic carbocycles. The molecule has 0 radical (unpaired) electrons. The van der Waals surface area contributed by atoms with Crippen molar-refractivity contribution in [2.75, 3.05) is 20.3 Å². The summed E-state index contributed by atoms with van der Waals surface area (Å²) >= 11 is 0. The van der Waals surface area contributed by atoms with Crippen molar-refractivity contribution in [3.63, 3.8) is 0 Å². The molecule has 0 spiro atoms. The second-order valence-electron chi connectivity index (χ2n) is 4.90. The van der Waals surface area contributed by atoms with E-state index in [9.17, 15) is 4.79 Å². The first kappa shape index (κ1) is 14.5. The summed E-state index contributed by atoms with van der Waals surface area (Å²) in [6.45, 7) is 5.47. The highest BCUT2D eigenvalue weighted by Crippen LogP contribution is 2.26. The van der Waals surface area contributed by atoms with Gasteiger partial charge < -0.3 is 9.47 Å². The number of nitrogens with one attached hydrogen (secondary N) is 1. The van der Waals surface area contributed by atoms with Crippen molar-refractivity contribution in [2.45, 2.75) is 57.5 Å². The third kappa shape index (κ3) is 5.04. The van der Waals surface area contributed by atoms with E-state index in [1.807, 2.05) is 13.8 Å². The van der Waals surface area contributed by atoms with Gasteiger partial charge in [0.25, 0.3) is 0 Å². The summed E-state index contributed by atoms with van der Waals surface area (Å²) < 4.78 is 10.2. The molecule has 4 nitrogen and oxygen atoms in total. The van der Waals surface area contributed by atoms with Crippen molar-refractivity contribution in [1.29, 1.82) is 0 Å². The van der Waals surface area contributed by atoms with Crippen LogP contribution in [0.4, 0.5) is 0 Å². The van der Waals surface area contributed by atoms with Gasteiger partial charge in [-0.25, -0.2) is 0 Å². The summed E-state index contributed by atoms with van der Waals surface area (Å²) in [4.78, 5) is 11.8. The molecule has 4 heteroatoms. The van der Waals surface area contributed by atoms with Gasteiger partial charge in [0, 0.05) is 19.3 Å². The van der Waals surface area contributed by atoms with E-state index in [2.05, 4.69) is 5.32 Å². The Morgan fingerprint density at radius 3 is 2.65 bits per heavy atom. The molecule has 1 aliphatic carbocycles. The predicted molar refractivity (Wildman–Crippen MR) is 66.9 cm³/mol. The number of methoxy groups -OCH3 is 1. The van der Waals surface area contributed by atoms with Gasteiger partial charge in [-0.2, -0.15) is 0 Å². The fraction of sp³-hybridized carbons (Fsp3) is 0.923. The maximum Gasteiger partial charge on any atom is 0.325 e. The lowest BCUT2D eigenvalue weighted by Gasteiger charge is -2.28.